The number of halogens is 2. The van der Waals surface area contributed by atoms with E-state index in [4.69, 9.17) is 23.2 Å². The quantitative estimate of drug-likeness (QED) is 0.679. The number of aromatic nitrogens is 3. The molecule has 3 aromatic rings. The molecule has 0 aliphatic heterocycles. The van der Waals surface area contributed by atoms with Crippen molar-refractivity contribution in [3.8, 4) is 0 Å². The van der Waals surface area contributed by atoms with Gasteiger partial charge in [-0.2, -0.15) is 0 Å². The van der Waals surface area contributed by atoms with Crippen molar-refractivity contribution in [2.45, 2.75) is 13.5 Å². The van der Waals surface area contributed by atoms with Crippen molar-refractivity contribution in [2.24, 2.45) is 0 Å². The highest BCUT2D eigenvalue weighted by Gasteiger charge is 2.13. The fourth-order valence-electron chi connectivity index (χ4n) is 2.22. The number of nitrogens with one attached hydrogen (secondary N) is 2. The van der Waals surface area contributed by atoms with Gasteiger partial charge in [0.1, 0.15) is 5.69 Å². The van der Waals surface area contributed by atoms with Gasteiger partial charge in [-0.05, 0) is 48.9 Å². The van der Waals surface area contributed by atoms with Crippen LogP contribution in [0.3, 0.4) is 0 Å². The Kier molecular flexibility index (Phi) is 5.65. The lowest BCUT2D eigenvalue weighted by atomic mass is 10.2. The molecule has 0 saturated carbocycles. The minimum absolute atomic E-state index is 0.237. The summed E-state index contributed by atoms with van der Waals surface area (Å²) in [5, 5.41) is 6.68. The summed E-state index contributed by atoms with van der Waals surface area (Å²) in [4.78, 5) is 25.1. The van der Waals surface area contributed by atoms with E-state index in [-0.39, 0.29) is 11.6 Å². The molecule has 8 heteroatoms. The number of nitrogens with zero attached hydrogens (tertiary/aromatic N) is 3. The maximum absolute atomic E-state index is 12.5. The second kappa shape index (κ2) is 8.12. The summed E-state index contributed by atoms with van der Waals surface area (Å²) >= 11 is 12.0. The number of anilines is 2. The fraction of sp³-hybridized carbons (Fsp3) is 0.111. The third-order valence-corrected chi connectivity index (χ3v) is 4.01. The number of carbonyl (C=O) groups excluding carboxylic acids is 1. The minimum Gasteiger partial charge on any atom is -0.350 e. The Bertz CT molecular complexity index is 934. The number of amides is 1. The molecule has 2 aromatic heterocycles. The molecule has 1 aromatic carbocycles. The average molecular weight is 388 g/mol. The molecule has 0 saturated heterocycles. The third kappa shape index (κ3) is 4.68. The molecule has 2 N–H and O–H groups in total. The molecule has 0 aliphatic carbocycles. The maximum Gasteiger partial charge on any atom is 0.274 e. The third-order valence-electron chi connectivity index (χ3n) is 3.47. The van der Waals surface area contributed by atoms with Gasteiger partial charge in [0.05, 0.1) is 10.7 Å². The molecule has 26 heavy (non-hydrogen) atoms. The van der Waals surface area contributed by atoms with E-state index >= 15 is 0 Å². The van der Waals surface area contributed by atoms with E-state index in [9.17, 15) is 4.79 Å². The molecule has 0 fully saturated rings. The van der Waals surface area contributed by atoms with Crippen LogP contribution >= 0.6 is 23.2 Å². The van der Waals surface area contributed by atoms with E-state index < -0.39 is 0 Å². The van der Waals surface area contributed by atoms with E-state index in [0.29, 0.717) is 33.9 Å². The predicted octanol–water partition coefficient (Wildman–Crippen LogP) is 4.35. The van der Waals surface area contributed by atoms with Crippen LogP contribution in [-0.2, 0) is 6.54 Å². The number of carbonyl (C=O) groups is 1. The monoisotopic (exact) mass is 387 g/mol. The first-order chi connectivity index (χ1) is 12.5. The molecule has 3 rings (SSSR count). The fourth-order valence-corrected chi connectivity index (χ4v) is 2.68. The Hall–Kier alpha value is -2.70. The second-order valence-electron chi connectivity index (χ2n) is 5.51. The highest BCUT2D eigenvalue weighted by molar-refractivity contribution is 6.36. The molecule has 132 valence electrons. The van der Waals surface area contributed by atoms with Crippen LogP contribution in [0.15, 0.2) is 48.8 Å². The maximum atomic E-state index is 12.5. The molecular formula is C18H15Cl2N5O. The van der Waals surface area contributed by atoms with Crippen molar-refractivity contribution in [2.75, 3.05) is 10.6 Å². The number of pyridine rings is 1. The highest BCUT2D eigenvalue weighted by atomic mass is 35.5. The van der Waals surface area contributed by atoms with Gasteiger partial charge in [0, 0.05) is 29.7 Å². The number of benzene rings is 1. The van der Waals surface area contributed by atoms with Crippen LogP contribution in [0, 0.1) is 6.92 Å². The van der Waals surface area contributed by atoms with Gasteiger partial charge in [-0.1, -0.05) is 23.2 Å². The zero-order valence-corrected chi connectivity index (χ0v) is 15.3. The average Bonchev–Trinajstić information content (AvgIpc) is 2.63. The van der Waals surface area contributed by atoms with Crippen molar-refractivity contribution >= 4 is 40.7 Å². The van der Waals surface area contributed by atoms with Gasteiger partial charge in [0.15, 0.2) is 0 Å². The highest BCUT2D eigenvalue weighted by Crippen LogP contribution is 2.25. The Morgan fingerprint density at radius 3 is 2.58 bits per heavy atom. The summed E-state index contributed by atoms with van der Waals surface area (Å²) in [6.45, 7) is 2.32. The van der Waals surface area contributed by atoms with Gasteiger partial charge in [-0.3, -0.25) is 9.78 Å². The molecule has 0 unspecified atom stereocenters. The molecule has 0 radical (unpaired) electrons. The summed E-state index contributed by atoms with van der Waals surface area (Å²) in [6, 6.07) is 10.2. The van der Waals surface area contributed by atoms with Crippen LogP contribution in [0.5, 0.6) is 0 Å². The van der Waals surface area contributed by atoms with E-state index in [1.165, 1.54) is 0 Å². The van der Waals surface area contributed by atoms with E-state index in [1.807, 2.05) is 12.1 Å². The molecule has 0 atom stereocenters. The van der Waals surface area contributed by atoms with Crippen molar-refractivity contribution in [1.29, 1.82) is 0 Å². The first-order valence-electron chi connectivity index (χ1n) is 7.76. The minimum atomic E-state index is -0.383. The lowest BCUT2D eigenvalue weighted by Crippen LogP contribution is -2.16. The Morgan fingerprint density at radius 2 is 1.85 bits per heavy atom. The molecule has 6 nitrogen and oxygen atoms in total. The molecule has 0 aliphatic rings. The van der Waals surface area contributed by atoms with Crippen LogP contribution in [0.2, 0.25) is 10.0 Å². The molecule has 1 amide bonds. The number of rotatable bonds is 5. The SMILES string of the molecule is Cc1cc(C(=O)Nc2ccc(Cl)cc2Cl)nc(NCc2ccncc2)n1. The van der Waals surface area contributed by atoms with Crippen LogP contribution in [0.25, 0.3) is 0 Å². The van der Waals surface area contributed by atoms with Gasteiger partial charge < -0.3 is 10.6 Å². The topological polar surface area (TPSA) is 79.8 Å². The Labute approximate surface area is 160 Å². The van der Waals surface area contributed by atoms with Gasteiger partial charge in [-0.25, -0.2) is 9.97 Å². The molecule has 0 spiro atoms. The molecular weight excluding hydrogens is 373 g/mol. The first-order valence-corrected chi connectivity index (χ1v) is 8.52. The standard InChI is InChI=1S/C18H15Cl2N5O/c1-11-8-16(17(26)24-15-3-2-13(19)9-14(15)20)25-18(23-11)22-10-12-4-6-21-7-5-12/h2-9H,10H2,1H3,(H,24,26)(H,22,23,25). The van der Waals surface area contributed by atoms with Crippen molar-refractivity contribution < 1.29 is 4.79 Å². The summed E-state index contributed by atoms with van der Waals surface area (Å²) < 4.78 is 0. The van der Waals surface area contributed by atoms with Gasteiger partial charge in [0.25, 0.3) is 5.91 Å². The number of aryl methyl sites for hydroxylation is 1. The lowest BCUT2D eigenvalue weighted by molar-refractivity contribution is 0.102. The Morgan fingerprint density at radius 1 is 1.08 bits per heavy atom. The number of hydrogen-bond acceptors (Lipinski definition) is 5. The zero-order valence-electron chi connectivity index (χ0n) is 13.8. The van der Waals surface area contributed by atoms with E-state index in [1.54, 1.807) is 43.6 Å². The van der Waals surface area contributed by atoms with Gasteiger partial charge >= 0.3 is 0 Å². The normalized spacial score (nSPS) is 10.4. The van der Waals surface area contributed by atoms with Crippen LogP contribution < -0.4 is 10.6 Å². The summed E-state index contributed by atoms with van der Waals surface area (Å²) in [7, 11) is 0. The van der Waals surface area contributed by atoms with Crippen molar-refractivity contribution in [1.82, 2.24) is 15.0 Å². The lowest BCUT2D eigenvalue weighted by Gasteiger charge is -2.10. The summed E-state index contributed by atoms with van der Waals surface area (Å²) in [5.41, 5.74) is 2.40. The van der Waals surface area contributed by atoms with Crippen LogP contribution in [0.1, 0.15) is 21.7 Å². The number of hydrogen-bond donors (Lipinski definition) is 2. The second-order valence-corrected chi connectivity index (χ2v) is 6.35. The van der Waals surface area contributed by atoms with Crippen molar-refractivity contribution in [3.05, 3.63) is 75.8 Å². The largest absolute Gasteiger partial charge is 0.350 e. The van der Waals surface area contributed by atoms with Crippen molar-refractivity contribution in [3.63, 3.8) is 0 Å². The van der Waals surface area contributed by atoms with E-state index in [0.717, 1.165) is 5.56 Å². The smallest absolute Gasteiger partial charge is 0.274 e. The molecule has 2 heterocycles. The predicted molar refractivity (Wildman–Crippen MR) is 103 cm³/mol. The zero-order chi connectivity index (χ0) is 18.5. The van der Waals surface area contributed by atoms with Crippen LogP contribution in [-0.4, -0.2) is 20.9 Å². The van der Waals surface area contributed by atoms with Crippen LogP contribution in [0.4, 0.5) is 11.6 Å². The summed E-state index contributed by atoms with van der Waals surface area (Å²) in [6.07, 6.45) is 3.42. The summed E-state index contributed by atoms with van der Waals surface area (Å²) in [5.74, 6) is -0.0131. The van der Waals surface area contributed by atoms with Gasteiger partial charge in [-0.15, -0.1) is 0 Å². The van der Waals surface area contributed by atoms with Gasteiger partial charge in [0.2, 0.25) is 5.95 Å². The molecule has 0 bridgehead atoms. The van der Waals surface area contributed by atoms with E-state index in [2.05, 4.69) is 25.6 Å². The Balaban J connectivity index is 1.75. The first kappa shape index (κ1) is 18.1.